The first-order valence-corrected chi connectivity index (χ1v) is 10.9. The van der Waals surface area contributed by atoms with Crippen LogP contribution in [0.5, 0.6) is 11.5 Å². The molecule has 0 radical (unpaired) electrons. The van der Waals surface area contributed by atoms with Gasteiger partial charge in [0.2, 0.25) is 0 Å². The van der Waals surface area contributed by atoms with Crippen molar-refractivity contribution in [1.82, 2.24) is 0 Å². The zero-order valence-corrected chi connectivity index (χ0v) is 18.8. The fourth-order valence-corrected chi connectivity index (χ4v) is 4.18. The van der Waals surface area contributed by atoms with Crippen LogP contribution in [0.1, 0.15) is 22.3 Å². The Morgan fingerprint density at radius 3 is 2.18 bits per heavy atom. The third kappa shape index (κ3) is 3.74. The number of imide groups is 1. The Kier molecular flexibility index (Phi) is 5.13. The maximum Gasteiger partial charge on any atom is 0.282 e. The van der Waals surface area contributed by atoms with Gasteiger partial charge in [-0.25, -0.2) is 4.90 Å². The van der Waals surface area contributed by atoms with Gasteiger partial charge in [-0.3, -0.25) is 9.59 Å². The number of fused-ring (bicyclic) bond motifs is 1. The highest BCUT2D eigenvalue weighted by Crippen LogP contribution is 2.37. The molecule has 0 spiro atoms. The van der Waals surface area contributed by atoms with Crippen LogP contribution < -0.4 is 19.7 Å². The molecule has 2 aliphatic heterocycles. The molecule has 2 aliphatic rings. The lowest BCUT2D eigenvalue weighted by Gasteiger charge is -2.19. The highest BCUT2D eigenvalue weighted by Gasteiger charge is 2.40. The van der Waals surface area contributed by atoms with Gasteiger partial charge in [0, 0.05) is 11.8 Å². The molecule has 0 aliphatic carbocycles. The summed E-state index contributed by atoms with van der Waals surface area (Å²) in [5.74, 6) is 0.516. The smallest absolute Gasteiger partial charge is 0.282 e. The molecule has 6 nitrogen and oxygen atoms in total. The summed E-state index contributed by atoms with van der Waals surface area (Å²) in [5, 5.41) is 3.20. The molecular weight excluding hydrogens is 416 g/mol. The maximum absolute atomic E-state index is 13.6. The monoisotopic (exact) mass is 440 g/mol. The van der Waals surface area contributed by atoms with Crippen molar-refractivity contribution < 1.29 is 19.1 Å². The van der Waals surface area contributed by atoms with Gasteiger partial charge in [0.05, 0.1) is 11.3 Å². The van der Waals surface area contributed by atoms with E-state index in [1.54, 1.807) is 24.3 Å². The average Bonchev–Trinajstić information content (AvgIpc) is 3.04. The Morgan fingerprint density at radius 2 is 1.45 bits per heavy atom. The third-order valence-corrected chi connectivity index (χ3v) is 5.84. The molecule has 2 amide bonds. The lowest BCUT2D eigenvalue weighted by atomic mass is 9.97. The summed E-state index contributed by atoms with van der Waals surface area (Å²) in [6, 6.07) is 18.6. The van der Waals surface area contributed by atoms with E-state index < -0.39 is 5.91 Å². The van der Waals surface area contributed by atoms with Crippen LogP contribution in [0.25, 0.3) is 5.57 Å². The van der Waals surface area contributed by atoms with Gasteiger partial charge < -0.3 is 14.8 Å². The molecule has 33 heavy (non-hydrogen) atoms. The van der Waals surface area contributed by atoms with Gasteiger partial charge in [0.15, 0.2) is 11.5 Å². The van der Waals surface area contributed by atoms with Gasteiger partial charge in [0.25, 0.3) is 11.8 Å². The van der Waals surface area contributed by atoms with Crippen molar-refractivity contribution in [2.45, 2.75) is 20.8 Å². The molecule has 0 atom stereocenters. The van der Waals surface area contributed by atoms with Crippen molar-refractivity contribution in [2.75, 3.05) is 23.4 Å². The van der Waals surface area contributed by atoms with Gasteiger partial charge >= 0.3 is 0 Å². The van der Waals surface area contributed by atoms with Crippen molar-refractivity contribution in [3.05, 3.63) is 88.6 Å². The van der Waals surface area contributed by atoms with Gasteiger partial charge in [-0.05, 0) is 56.2 Å². The van der Waals surface area contributed by atoms with Crippen molar-refractivity contribution in [3.8, 4) is 11.5 Å². The quantitative estimate of drug-likeness (QED) is 0.592. The molecule has 166 valence electrons. The second-order valence-corrected chi connectivity index (χ2v) is 8.33. The van der Waals surface area contributed by atoms with E-state index in [4.69, 9.17) is 9.47 Å². The van der Waals surface area contributed by atoms with Crippen molar-refractivity contribution in [1.29, 1.82) is 0 Å². The van der Waals surface area contributed by atoms with E-state index in [1.807, 2.05) is 57.2 Å². The van der Waals surface area contributed by atoms with Crippen LogP contribution in [0, 0.1) is 20.8 Å². The topological polar surface area (TPSA) is 67.9 Å². The number of nitrogens with zero attached hydrogens (tertiary/aromatic N) is 1. The molecule has 3 aromatic carbocycles. The highest BCUT2D eigenvalue weighted by atomic mass is 16.6. The van der Waals surface area contributed by atoms with Crippen molar-refractivity contribution in [3.63, 3.8) is 0 Å². The number of rotatable bonds is 4. The Bertz CT molecular complexity index is 1310. The van der Waals surface area contributed by atoms with Gasteiger partial charge in [-0.1, -0.05) is 41.5 Å². The fraction of sp³-hybridized carbons (Fsp3) is 0.185. The first-order chi connectivity index (χ1) is 15.9. The summed E-state index contributed by atoms with van der Waals surface area (Å²) in [6.45, 7) is 6.88. The number of hydrogen-bond donors (Lipinski definition) is 1. The Hall–Kier alpha value is -4.06. The first-order valence-electron chi connectivity index (χ1n) is 10.9. The number of ether oxygens (including phenoxy) is 2. The SMILES string of the molecule is Cc1ccc(N2C(=O)C(Nc3ccc4c(c3)OCCO4)=C(c3ccc(C)cc3C)C2=O)cc1. The van der Waals surface area contributed by atoms with Crippen molar-refractivity contribution in [2.24, 2.45) is 0 Å². The molecule has 0 unspecified atom stereocenters. The summed E-state index contributed by atoms with van der Waals surface area (Å²) < 4.78 is 11.3. The van der Waals surface area contributed by atoms with E-state index in [1.165, 1.54) is 4.90 Å². The minimum Gasteiger partial charge on any atom is -0.486 e. The Labute approximate surface area is 192 Å². The van der Waals surface area contributed by atoms with E-state index in [9.17, 15) is 9.59 Å². The normalized spacial score (nSPS) is 15.3. The number of carbonyl (C=O) groups excluding carboxylic acids is 2. The van der Waals surface area contributed by atoms with Crippen LogP contribution in [0.4, 0.5) is 11.4 Å². The largest absolute Gasteiger partial charge is 0.486 e. The molecule has 1 N–H and O–H groups in total. The van der Waals surface area contributed by atoms with Gasteiger partial charge in [-0.15, -0.1) is 0 Å². The summed E-state index contributed by atoms with van der Waals surface area (Å²) in [5.41, 5.74) is 5.57. The van der Waals surface area contributed by atoms with Gasteiger partial charge in [-0.2, -0.15) is 0 Å². The van der Waals surface area contributed by atoms with E-state index in [2.05, 4.69) is 5.32 Å². The maximum atomic E-state index is 13.6. The molecule has 0 bridgehead atoms. The third-order valence-electron chi connectivity index (χ3n) is 5.84. The molecular formula is C27H24N2O4. The van der Waals surface area contributed by atoms with E-state index in [0.29, 0.717) is 41.7 Å². The van der Waals surface area contributed by atoms with Crippen LogP contribution in [0.3, 0.4) is 0 Å². The number of amides is 2. The van der Waals surface area contributed by atoms with Crippen LogP contribution >= 0.6 is 0 Å². The number of anilines is 2. The predicted molar refractivity (Wildman–Crippen MR) is 128 cm³/mol. The second kappa shape index (κ2) is 8.13. The van der Waals surface area contributed by atoms with Crippen LogP contribution in [-0.2, 0) is 9.59 Å². The standard InChI is InChI=1S/C27H24N2O4/c1-16-4-8-20(9-5-16)29-26(30)24(21-10-6-17(2)14-18(21)3)25(27(29)31)28-19-7-11-22-23(15-19)33-13-12-32-22/h4-11,14-15,28H,12-13H2,1-3H3. The molecule has 0 aromatic heterocycles. The fourth-order valence-electron chi connectivity index (χ4n) is 4.18. The minimum absolute atomic E-state index is 0.240. The van der Waals surface area contributed by atoms with Crippen LogP contribution in [-0.4, -0.2) is 25.0 Å². The summed E-state index contributed by atoms with van der Waals surface area (Å²) in [4.78, 5) is 28.5. The summed E-state index contributed by atoms with van der Waals surface area (Å²) in [7, 11) is 0. The molecule has 5 rings (SSSR count). The second-order valence-electron chi connectivity index (χ2n) is 8.33. The minimum atomic E-state index is -0.395. The average molecular weight is 440 g/mol. The predicted octanol–water partition coefficient (Wildman–Crippen LogP) is 4.78. The highest BCUT2D eigenvalue weighted by molar-refractivity contribution is 6.46. The number of carbonyl (C=O) groups is 2. The molecule has 6 heteroatoms. The molecule has 2 heterocycles. The van der Waals surface area contributed by atoms with Gasteiger partial charge in [0.1, 0.15) is 18.9 Å². The van der Waals surface area contributed by atoms with E-state index in [-0.39, 0.29) is 11.6 Å². The zero-order chi connectivity index (χ0) is 23.1. The van der Waals surface area contributed by atoms with Crippen molar-refractivity contribution >= 4 is 28.8 Å². The molecule has 0 fully saturated rings. The Morgan fingerprint density at radius 1 is 0.758 bits per heavy atom. The summed E-state index contributed by atoms with van der Waals surface area (Å²) in [6.07, 6.45) is 0. The molecule has 0 saturated heterocycles. The lowest BCUT2D eigenvalue weighted by Crippen LogP contribution is -2.32. The van der Waals surface area contributed by atoms with E-state index in [0.717, 1.165) is 22.3 Å². The summed E-state index contributed by atoms with van der Waals surface area (Å²) >= 11 is 0. The first kappa shape index (κ1) is 20.8. The number of aryl methyl sites for hydroxylation is 3. The zero-order valence-electron chi connectivity index (χ0n) is 18.8. The van der Waals surface area contributed by atoms with Crippen LogP contribution in [0.2, 0.25) is 0 Å². The molecule has 0 saturated carbocycles. The number of hydrogen-bond acceptors (Lipinski definition) is 5. The van der Waals surface area contributed by atoms with E-state index >= 15 is 0 Å². The number of nitrogens with one attached hydrogen (secondary N) is 1. The lowest BCUT2D eigenvalue weighted by molar-refractivity contribution is -0.120. The van der Waals surface area contributed by atoms with Crippen LogP contribution in [0.15, 0.2) is 66.4 Å². The Balaban J connectivity index is 1.61. The number of benzene rings is 3. The molecule has 3 aromatic rings.